The van der Waals surface area contributed by atoms with Gasteiger partial charge in [-0.25, -0.2) is 0 Å². The first-order valence-electron chi connectivity index (χ1n) is 6.45. The Morgan fingerprint density at radius 1 is 1.39 bits per heavy atom. The topological polar surface area (TPSA) is 18.5 Å². The fraction of sp³-hybridized carbons (Fsp3) is 0.600. The summed E-state index contributed by atoms with van der Waals surface area (Å²) in [5.74, 6) is 2.09. The second-order valence-electron chi connectivity index (χ2n) is 5.32. The second-order valence-corrected chi connectivity index (χ2v) is 5.70. The normalized spacial score (nSPS) is 17.6. The van der Waals surface area contributed by atoms with Crippen LogP contribution in [0.5, 0.6) is 5.75 Å². The van der Waals surface area contributed by atoms with Crippen molar-refractivity contribution < 1.29 is 9.47 Å². The molecule has 1 fully saturated rings. The average Bonchev–Trinajstić information content (AvgIpc) is 2.33. The summed E-state index contributed by atoms with van der Waals surface area (Å²) in [4.78, 5) is 0. The lowest BCUT2D eigenvalue weighted by Gasteiger charge is -2.42. The quantitative estimate of drug-likeness (QED) is 0.758. The minimum absolute atomic E-state index is 0.123. The van der Waals surface area contributed by atoms with E-state index in [4.69, 9.17) is 21.1 Å². The number of methoxy groups -OCH3 is 1. The third-order valence-electron chi connectivity index (χ3n) is 3.79. The van der Waals surface area contributed by atoms with E-state index in [0.717, 1.165) is 25.4 Å². The Kier molecular flexibility index (Phi) is 4.18. The second kappa shape index (κ2) is 5.50. The molecule has 1 aromatic rings. The maximum absolute atomic E-state index is 5.93. The number of benzene rings is 1. The van der Waals surface area contributed by atoms with Crippen LogP contribution >= 0.6 is 11.6 Å². The first-order chi connectivity index (χ1) is 8.63. The van der Waals surface area contributed by atoms with E-state index in [9.17, 15) is 0 Å². The van der Waals surface area contributed by atoms with E-state index in [1.54, 1.807) is 7.11 Å². The maximum Gasteiger partial charge on any atom is 0.122 e. The van der Waals surface area contributed by atoms with Crippen LogP contribution in [0.1, 0.15) is 37.3 Å². The predicted octanol–water partition coefficient (Wildman–Crippen LogP) is 3.72. The highest BCUT2D eigenvalue weighted by atomic mass is 35.5. The van der Waals surface area contributed by atoms with Gasteiger partial charge in [0.15, 0.2) is 0 Å². The Morgan fingerprint density at radius 3 is 2.56 bits per heavy atom. The molecule has 1 saturated heterocycles. The summed E-state index contributed by atoms with van der Waals surface area (Å²) < 4.78 is 10.8. The van der Waals surface area contributed by atoms with Crippen LogP contribution in [-0.2, 0) is 10.2 Å². The Morgan fingerprint density at radius 2 is 2.11 bits per heavy atom. The minimum atomic E-state index is 0.123. The number of alkyl halides is 1. The van der Waals surface area contributed by atoms with Crippen LogP contribution in [0.4, 0.5) is 0 Å². The van der Waals surface area contributed by atoms with Gasteiger partial charge in [-0.05, 0) is 29.5 Å². The molecule has 0 radical (unpaired) electrons. The lowest BCUT2D eigenvalue weighted by atomic mass is 9.75. The van der Waals surface area contributed by atoms with Gasteiger partial charge in [0.2, 0.25) is 0 Å². The highest BCUT2D eigenvalue weighted by molar-refractivity contribution is 6.17. The Hall–Kier alpha value is -0.730. The molecular formula is C15H21ClO2. The van der Waals surface area contributed by atoms with E-state index in [1.165, 1.54) is 11.1 Å². The summed E-state index contributed by atoms with van der Waals surface area (Å²) in [6.45, 7) is 5.94. The molecule has 0 amide bonds. The van der Waals surface area contributed by atoms with Crippen molar-refractivity contribution in [2.45, 2.75) is 31.6 Å². The van der Waals surface area contributed by atoms with Crippen LogP contribution in [0.3, 0.4) is 0 Å². The summed E-state index contributed by atoms with van der Waals surface area (Å²) >= 11 is 5.93. The molecule has 1 aliphatic heterocycles. The molecular weight excluding hydrogens is 248 g/mol. The summed E-state index contributed by atoms with van der Waals surface area (Å²) in [5.41, 5.74) is 2.72. The lowest BCUT2D eigenvalue weighted by Crippen LogP contribution is -2.47. The molecule has 0 N–H and O–H groups in total. The molecule has 1 aliphatic rings. The van der Waals surface area contributed by atoms with Crippen molar-refractivity contribution in [1.29, 1.82) is 0 Å². The van der Waals surface area contributed by atoms with Gasteiger partial charge in [0.05, 0.1) is 20.3 Å². The van der Waals surface area contributed by atoms with Crippen molar-refractivity contribution in [2.24, 2.45) is 0 Å². The van der Waals surface area contributed by atoms with E-state index in [1.807, 2.05) is 0 Å². The molecule has 0 bridgehead atoms. The summed E-state index contributed by atoms with van der Waals surface area (Å²) in [7, 11) is 1.72. The largest absolute Gasteiger partial charge is 0.496 e. The number of rotatable bonds is 5. The standard InChI is InChI=1S/C15H21ClO2/c1-11(2)13-8-12(4-5-14(13)17-3)15(6-7-16)9-18-10-15/h4-5,8,11H,6-7,9-10H2,1-3H3. The minimum Gasteiger partial charge on any atom is -0.496 e. The highest BCUT2D eigenvalue weighted by Gasteiger charge is 2.40. The first kappa shape index (κ1) is 13.7. The monoisotopic (exact) mass is 268 g/mol. The highest BCUT2D eigenvalue weighted by Crippen LogP contribution is 2.39. The van der Waals surface area contributed by atoms with Crippen LogP contribution in [0.25, 0.3) is 0 Å². The molecule has 0 spiro atoms. The Labute approximate surface area is 114 Å². The van der Waals surface area contributed by atoms with Gasteiger partial charge in [-0.3, -0.25) is 0 Å². The van der Waals surface area contributed by atoms with Gasteiger partial charge in [-0.1, -0.05) is 26.0 Å². The third-order valence-corrected chi connectivity index (χ3v) is 3.98. The number of hydrogen-bond acceptors (Lipinski definition) is 2. The zero-order valence-electron chi connectivity index (χ0n) is 11.3. The number of hydrogen-bond donors (Lipinski definition) is 0. The van der Waals surface area contributed by atoms with Crippen molar-refractivity contribution in [3.8, 4) is 5.75 Å². The zero-order valence-corrected chi connectivity index (χ0v) is 12.1. The lowest BCUT2D eigenvalue weighted by molar-refractivity contribution is -0.0616. The molecule has 3 heteroatoms. The molecule has 0 saturated carbocycles. The fourth-order valence-electron chi connectivity index (χ4n) is 2.50. The fourth-order valence-corrected chi connectivity index (χ4v) is 2.86. The zero-order chi connectivity index (χ0) is 13.2. The summed E-state index contributed by atoms with van der Waals surface area (Å²) in [6, 6.07) is 6.48. The van der Waals surface area contributed by atoms with E-state index in [-0.39, 0.29) is 5.41 Å². The van der Waals surface area contributed by atoms with Crippen molar-refractivity contribution >= 4 is 11.6 Å². The molecule has 1 heterocycles. The average molecular weight is 269 g/mol. The molecule has 0 aromatic heterocycles. The Bertz CT molecular complexity index is 411. The molecule has 0 aliphatic carbocycles. The summed E-state index contributed by atoms with van der Waals surface area (Å²) in [5, 5.41) is 0. The number of halogens is 1. The SMILES string of the molecule is COc1ccc(C2(CCCl)COC2)cc1C(C)C. The van der Waals surface area contributed by atoms with Gasteiger partial charge >= 0.3 is 0 Å². The van der Waals surface area contributed by atoms with E-state index < -0.39 is 0 Å². The molecule has 2 rings (SSSR count). The smallest absolute Gasteiger partial charge is 0.122 e. The first-order valence-corrected chi connectivity index (χ1v) is 6.98. The van der Waals surface area contributed by atoms with Crippen molar-refractivity contribution in [3.63, 3.8) is 0 Å². The van der Waals surface area contributed by atoms with Crippen LogP contribution in [0, 0.1) is 0 Å². The van der Waals surface area contributed by atoms with Crippen LogP contribution in [-0.4, -0.2) is 26.2 Å². The van der Waals surface area contributed by atoms with Crippen LogP contribution in [0.15, 0.2) is 18.2 Å². The van der Waals surface area contributed by atoms with E-state index in [0.29, 0.717) is 11.8 Å². The van der Waals surface area contributed by atoms with Gasteiger partial charge in [0.25, 0.3) is 0 Å². The molecule has 2 nitrogen and oxygen atoms in total. The third kappa shape index (κ3) is 2.36. The predicted molar refractivity (Wildman–Crippen MR) is 74.9 cm³/mol. The molecule has 18 heavy (non-hydrogen) atoms. The van der Waals surface area contributed by atoms with Gasteiger partial charge in [-0.15, -0.1) is 11.6 Å². The number of ether oxygens (including phenoxy) is 2. The summed E-state index contributed by atoms with van der Waals surface area (Å²) in [6.07, 6.45) is 0.971. The van der Waals surface area contributed by atoms with Gasteiger partial charge < -0.3 is 9.47 Å². The van der Waals surface area contributed by atoms with Gasteiger partial charge in [0.1, 0.15) is 5.75 Å². The molecule has 1 aromatic carbocycles. The maximum atomic E-state index is 5.93. The van der Waals surface area contributed by atoms with Gasteiger partial charge in [0, 0.05) is 11.3 Å². The van der Waals surface area contributed by atoms with Crippen molar-refractivity contribution in [3.05, 3.63) is 29.3 Å². The molecule has 0 atom stereocenters. The van der Waals surface area contributed by atoms with Crippen LogP contribution in [0.2, 0.25) is 0 Å². The van der Waals surface area contributed by atoms with Crippen molar-refractivity contribution in [2.75, 3.05) is 26.2 Å². The molecule has 100 valence electrons. The van der Waals surface area contributed by atoms with Crippen LogP contribution < -0.4 is 4.74 Å². The van der Waals surface area contributed by atoms with E-state index >= 15 is 0 Å². The molecule has 0 unspecified atom stereocenters. The van der Waals surface area contributed by atoms with E-state index in [2.05, 4.69) is 32.0 Å². The Balaban J connectivity index is 2.36. The van der Waals surface area contributed by atoms with Crippen molar-refractivity contribution in [1.82, 2.24) is 0 Å². The van der Waals surface area contributed by atoms with Gasteiger partial charge in [-0.2, -0.15) is 0 Å².